The van der Waals surface area contributed by atoms with Crippen molar-refractivity contribution < 1.29 is 4.79 Å². The summed E-state index contributed by atoms with van der Waals surface area (Å²) in [5, 5.41) is 3.09. The first-order chi connectivity index (χ1) is 11.1. The van der Waals surface area contributed by atoms with Crippen molar-refractivity contribution in [3.8, 4) is 0 Å². The van der Waals surface area contributed by atoms with Gasteiger partial charge in [0.2, 0.25) is 0 Å². The number of carbonyl (C=O) groups excluding carboxylic acids is 1. The van der Waals surface area contributed by atoms with Gasteiger partial charge in [0.1, 0.15) is 0 Å². The number of hydrogen-bond acceptors (Lipinski definition) is 2. The van der Waals surface area contributed by atoms with Crippen LogP contribution in [0.4, 0.5) is 5.69 Å². The van der Waals surface area contributed by atoms with Crippen LogP contribution in [0, 0.1) is 19.8 Å². The second-order valence-corrected chi connectivity index (χ2v) is 6.45. The van der Waals surface area contributed by atoms with Crippen molar-refractivity contribution in [2.75, 3.05) is 24.5 Å². The van der Waals surface area contributed by atoms with Crippen LogP contribution in [0.1, 0.15) is 27.9 Å². The lowest BCUT2D eigenvalue weighted by Gasteiger charge is -2.18. The van der Waals surface area contributed by atoms with Crippen LogP contribution in [0.15, 0.2) is 48.5 Å². The molecule has 0 aliphatic carbocycles. The molecule has 1 aliphatic rings. The molecule has 0 bridgehead atoms. The van der Waals surface area contributed by atoms with Gasteiger partial charge in [-0.05, 0) is 61.6 Å². The molecule has 1 N–H and O–H groups in total. The Kier molecular flexibility index (Phi) is 4.65. The molecule has 1 saturated heterocycles. The van der Waals surface area contributed by atoms with E-state index in [9.17, 15) is 4.79 Å². The first kappa shape index (κ1) is 15.6. The topological polar surface area (TPSA) is 32.3 Å². The van der Waals surface area contributed by atoms with Crippen molar-refractivity contribution in [2.24, 2.45) is 5.92 Å². The Morgan fingerprint density at radius 3 is 2.65 bits per heavy atom. The molecule has 1 heterocycles. The van der Waals surface area contributed by atoms with Crippen LogP contribution in [-0.2, 0) is 0 Å². The molecule has 2 aromatic rings. The number of carbonyl (C=O) groups is 1. The van der Waals surface area contributed by atoms with Gasteiger partial charge in [0.25, 0.3) is 5.91 Å². The second-order valence-electron chi connectivity index (χ2n) is 6.45. The van der Waals surface area contributed by atoms with E-state index in [0.29, 0.717) is 5.92 Å². The molecule has 3 nitrogen and oxygen atoms in total. The maximum absolute atomic E-state index is 12.3. The Morgan fingerprint density at radius 2 is 1.91 bits per heavy atom. The van der Waals surface area contributed by atoms with Gasteiger partial charge in [-0.2, -0.15) is 0 Å². The zero-order valence-corrected chi connectivity index (χ0v) is 13.9. The zero-order valence-electron chi connectivity index (χ0n) is 13.9. The molecule has 1 atom stereocenters. The zero-order chi connectivity index (χ0) is 16.2. The van der Waals surface area contributed by atoms with E-state index < -0.39 is 0 Å². The number of nitrogens with one attached hydrogen (secondary N) is 1. The average Bonchev–Trinajstić information content (AvgIpc) is 3.05. The molecule has 1 aliphatic heterocycles. The summed E-state index contributed by atoms with van der Waals surface area (Å²) < 4.78 is 0. The summed E-state index contributed by atoms with van der Waals surface area (Å²) in [6.07, 6.45) is 1.13. The highest BCUT2D eigenvalue weighted by Crippen LogP contribution is 2.23. The fourth-order valence-corrected chi connectivity index (χ4v) is 3.09. The van der Waals surface area contributed by atoms with E-state index in [4.69, 9.17) is 0 Å². The van der Waals surface area contributed by atoms with Gasteiger partial charge in [-0.1, -0.05) is 24.3 Å². The summed E-state index contributed by atoms with van der Waals surface area (Å²) >= 11 is 0. The summed E-state index contributed by atoms with van der Waals surface area (Å²) in [5.74, 6) is 0.553. The lowest BCUT2D eigenvalue weighted by Crippen LogP contribution is -2.31. The van der Waals surface area contributed by atoms with Gasteiger partial charge in [-0.15, -0.1) is 0 Å². The normalized spacial score (nSPS) is 17.3. The number of benzene rings is 2. The second kappa shape index (κ2) is 6.86. The monoisotopic (exact) mass is 308 g/mol. The molecule has 1 amide bonds. The predicted molar refractivity (Wildman–Crippen MR) is 95.0 cm³/mol. The van der Waals surface area contributed by atoms with Crippen molar-refractivity contribution in [1.82, 2.24) is 5.32 Å². The van der Waals surface area contributed by atoms with Gasteiger partial charge < -0.3 is 10.2 Å². The first-order valence-electron chi connectivity index (χ1n) is 8.29. The van der Waals surface area contributed by atoms with Gasteiger partial charge in [0, 0.05) is 30.9 Å². The van der Waals surface area contributed by atoms with E-state index in [-0.39, 0.29) is 5.91 Å². The molecule has 3 rings (SSSR count). The lowest BCUT2D eigenvalue weighted by atomic mass is 10.1. The number of anilines is 1. The molecular formula is C20H24N2O. The third kappa shape index (κ3) is 3.73. The molecule has 1 unspecified atom stereocenters. The summed E-state index contributed by atoms with van der Waals surface area (Å²) in [6, 6.07) is 16.4. The number of amides is 1. The maximum atomic E-state index is 12.3. The van der Waals surface area contributed by atoms with Crippen LogP contribution in [0.3, 0.4) is 0 Å². The average molecular weight is 308 g/mol. The van der Waals surface area contributed by atoms with Crippen LogP contribution in [0.25, 0.3) is 0 Å². The third-order valence-electron chi connectivity index (χ3n) is 4.73. The third-order valence-corrected chi connectivity index (χ3v) is 4.73. The van der Waals surface area contributed by atoms with Gasteiger partial charge in [0.15, 0.2) is 0 Å². The molecule has 0 aromatic heterocycles. The van der Waals surface area contributed by atoms with Crippen LogP contribution in [0.2, 0.25) is 0 Å². The molecular weight excluding hydrogens is 284 g/mol. The summed E-state index contributed by atoms with van der Waals surface area (Å²) in [4.78, 5) is 14.7. The standard InChI is InChI=1S/C20H24N2O/c1-15-8-9-18(12-16(15)2)20(23)21-13-17-10-11-22(14-17)19-6-4-3-5-7-19/h3-9,12,17H,10-11,13-14H2,1-2H3,(H,21,23). The molecule has 0 radical (unpaired) electrons. The minimum absolute atomic E-state index is 0.0336. The van der Waals surface area contributed by atoms with Crippen molar-refractivity contribution in [3.63, 3.8) is 0 Å². The van der Waals surface area contributed by atoms with Gasteiger partial charge in [0.05, 0.1) is 0 Å². The summed E-state index contributed by atoms with van der Waals surface area (Å²) in [6.45, 7) is 6.93. The van der Waals surface area contributed by atoms with Crippen molar-refractivity contribution in [2.45, 2.75) is 20.3 Å². The first-order valence-corrected chi connectivity index (χ1v) is 8.29. The Hall–Kier alpha value is -2.29. The lowest BCUT2D eigenvalue weighted by molar-refractivity contribution is 0.0948. The highest BCUT2D eigenvalue weighted by molar-refractivity contribution is 5.94. The van der Waals surface area contributed by atoms with E-state index in [1.807, 2.05) is 31.2 Å². The van der Waals surface area contributed by atoms with Crippen molar-refractivity contribution in [1.29, 1.82) is 0 Å². The molecule has 0 saturated carbocycles. The van der Waals surface area contributed by atoms with Crippen LogP contribution in [0.5, 0.6) is 0 Å². The van der Waals surface area contributed by atoms with Crippen molar-refractivity contribution in [3.05, 3.63) is 65.2 Å². The quantitative estimate of drug-likeness (QED) is 0.936. The van der Waals surface area contributed by atoms with E-state index in [1.165, 1.54) is 11.3 Å². The Morgan fingerprint density at radius 1 is 1.13 bits per heavy atom. The van der Waals surface area contributed by atoms with Gasteiger partial charge in [-0.25, -0.2) is 0 Å². The number of rotatable bonds is 4. The summed E-state index contributed by atoms with van der Waals surface area (Å²) in [7, 11) is 0. The van der Waals surface area contributed by atoms with Gasteiger partial charge in [-0.3, -0.25) is 4.79 Å². The Labute approximate surface area is 138 Å². The highest BCUT2D eigenvalue weighted by Gasteiger charge is 2.23. The van der Waals surface area contributed by atoms with E-state index >= 15 is 0 Å². The predicted octanol–water partition coefficient (Wildman–Crippen LogP) is 3.56. The van der Waals surface area contributed by atoms with E-state index in [0.717, 1.165) is 37.2 Å². The minimum Gasteiger partial charge on any atom is -0.371 e. The number of aryl methyl sites for hydroxylation is 2. The Balaban J connectivity index is 1.53. The van der Waals surface area contributed by atoms with E-state index in [2.05, 4.69) is 41.4 Å². The van der Waals surface area contributed by atoms with Gasteiger partial charge >= 0.3 is 0 Å². The number of para-hydroxylation sites is 1. The molecule has 1 fully saturated rings. The smallest absolute Gasteiger partial charge is 0.251 e. The van der Waals surface area contributed by atoms with Crippen LogP contribution >= 0.6 is 0 Å². The minimum atomic E-state index is 0.0336. The van der Waals surface area contributed by atoms with Crippen LogP contribution in [-0.4, -0.2) is 25.5 Å². The molecule has 23 heavy (non-hydrogen) atoms. The van der Waals surface area contributed by atoms with Crippen molar-refractivity contribution >= 4 is 11.6 Å². The van der Waals surface area contributed by atoms with E-state index in [1.54, 1.807) is 0 Å². The van der Waals surface area contributed by atoms with Crippen LogP contribution < -0.4 is 10.2 Å². The fraction of sp³-hybridized carbons (Fsp3) is 0.350. The maximum Gasteiger partial charge on any atom is 0.251 e. The SMILES string of the molecule is Cc1ccc(C(=O)NCC2CCN(c3ccccc3)C2)cc1C. The number of hydrogen-bond donors (Lipinski definition) is 1. The highest BCUT2D eigenvalue weighted by atomic mass is 16.1. The Bertz CT molecular complexity index is 681. The number of nitrogens with zero attached hydrogens (tertiary/aromatic N) is 1. The summed E-state index contributed by atoms with van der Waals surface area (Å²) in [5.41, 5.74) is 4.41. The molecule has 3 heteroatoms. The molecule has 0 spiro atoms. The largest absolute Gasteiger partial charge is 0.371 e. The molecule has 120 valence electrons. The fourth-order valence-electron chi connectivity index (χ4n) is 3.09. The molecule has 2 aromatic carbocycles.